The zero-order valence-corrected chi connectivity index (χ0v) is 10.1. The predicted octanol–water partition coefficient (Wildman–Crippen LogP) is 2.68. The third-order valence-corrected chi connectivity index (χ3v) is 3.74. The van der Waals surface area contributed by atoms with Gasteiger partial charge in [0.1, 0.15) is 11.9 Å². The van der Waals surface area contributed by atoms with Crippen molar-refractivity contribution in [2.45, 2.75) is 18.9 Å². The first kappa shape index (κ1) is 11.5. The van der Waals surface area contributed by atoms with E-state index in [4.69, 9.17) is 9.47 Å². The SMILES string of the molecule is COc1cc(O)ccc1OC1CCCSC1. The topological polar surface area (TPSA) is 38.7 Å². The average Bonchev–Trinajstić information content (AvgIpc) is 2.33. The molecule has 0 aromatic heterocycles. The zero-order chi connectivity index (χ0) is 11.4. The van der Waals surface area contributed by atoms with Crippen LogP contribution in [0.1, 0.15) is 12.8 Å². The van der Waals surface area contributed by atoms with Crippen molar-refractivity contribution in [1.29, 1.82) is 0 Å². The summed E-state index contributed by atoms with van der Waals surface area (Å²) in [5.74, 6) is 3.77. The number of rotatable bonds is 3. The Labute approximate surface area is 99.8 Å². The monoisotopic (exact) mass is 240 g/mol. The van der Waals surface area contributed by atoms with Crippen LogP contribution in [-0.2, 0) is 0 Å². The van der Waals surface area contributed by atoms with Crippen LogP contribution >= 0.6 is 11.8 Å². The highest BCUT2D eigenvalue weighted by Crippen LogP contribution is 2.33. The van der Waals surface area contributed by atoms with Gasteiger partial charge in [0.15, 0.2) is 11.5 Å². The van der Waals surface area contributed by atoms with Crippen LogP contribution < -0.4 is 9.47 Å². The molecule has 1 unspecified atom stereocenters. The molecule has 1 heterocycles. The fourth-order valence-electron chi connectivity index (χ4n) is 1.74. The van der Waals surface area contributed by atoms with Crippen LogP contribution in [0.15, 0.2) is 18.2 Å². The summed E-state index contributed by atoms with van der Waals surface area (Å²) < 4.78 is 11.1. The lowest BCUT2D eigenvalue weighted by Gasteiger charge is -2.23. The van der Waals surface area contributed by atoms with Crippen LogP contribution in [-0.4, -0.2) is 29.8 Å². The zero-order valence-electron chi connectivity index (χ0n) is 9.31. The minimum atomic E-state index is 0.196. The number of ether oxygens (including phenoxy) is 2. The third kappa shape index (κ3) is 2.76. The fraction of sp³-hybridized carbons (Fsp3) is 0.500. The van der Waals surface area contributed by atoms with Gasteiger partial charge in [-0.05, 0) is 30.7 Å². The van der Waals surface area contributed by atoms with Gasteiger partial charge in [0.05, 0.1) is 7.11 Å². The Hall–Kier alpha value is -1.03. The smallest absolute Gasteiger partial charge is 0.164 e. The Morgan fingerprint density at radius 1 is 1.38 bits per heavy atom. The van der Waals surface area contributed by atoms with Crippen LogP contribution in [0.25, 0.3) is 0 Å². The Morgan fingerprint density at radius 3 is 2.94 bits per heavy atom. The van der Waals surface area contributed by atoms with E-state index in [1.807, 2.05) is 11.8 Å². The Balaban J connectivity index is 2.07. The van der Waals surface area contributed by atoms with Crippen molar-refractivity contribution < 1.29 is 14.6 Å². The van der Waals surface area contributed by atoms with E-state index in [2.05, 4.69) is 0 Å². The van der Waals surface area contributed by atoms with Crippen LogP contribution in [0.2, 0.25) is 0 Å². The van der Waals surface area contributed by atoms with Crippen molar-refractivity contribution in [3.05, 3.63) is 18.2 Å². The number of phenols is 1. The summed E-state index contributed by atoms with van der Waals surface area (Å²) in [7, 11) is 1.58. The molecule has 0 aliphatic carbocycles. The van der Waals surface area contributed by atoms with E-state index < -0.39 is 0 Å². The van der Waals surface area contributed by atoms with Crippen LogP contribution in [0, 0.1) is 0 Å². The van der Waals surface area contributed by atoms with Crippen molar-refractivity contribution in [3.63, 3.8) is 0 Å². The summed E-state index contributed by atoms with van der Waals surface area (Å²) in [5.41, 5.74) is 0. The molecule has 1 atom stereocenters. The van der Waals surface area contributed by atoms with Gasteiger partial charge in [-0.1, -0.05) is 0 Å². The highest BCUT2D eigenvalue weighted by Gasteiger charge is 2.17. The van der Waals surface area contributed by atoms with E-state index >= 15 is 0 Å². The average molecular weight is 240 g/mol. The van der Waals surface area contributed by atoms with E-state index in [0.29, 0.717) is 11.5 Å². The first-order valence-electron chi connectivity index (χ1n) is 5.41. The van der Waals surface area contributed by atoms with Gasteiger partial charge in [0.2, 0.25) is 0 Å². The van der Waals surface area contributed by atoms with Gasteiger partial charge in [-0.3, -0.25) is 0 Å². The van der Waals surface area contributed by atoms with Crippen LogP contribution in [0.4, 0.5) is 0 Å². The summed E-state index contributed by atoms with van der Waals surface area (Å²) in [5, 5.41) is 9.33. The molecule has 1 aliphatic rings. The predicted molar refractivity (Wildman–Crippen MR) is 65.6 cm³/mol. The van der Waals surface area contributed by atoms with E-state index in [1.54, 1.807) is 25.3 Å². The summed E-state index contributed by atoms with van der Waals surface area (Å²) >= 11 is 1.92. The molecule has 4 heteroatoms. The van der Waals surface area contributed by atoms with Gasteiger partial charge in [-0.15, -0.1) is 0 Å². The molecule has 0 spiro atoms. The molecule has 1 fully saturated rings. The largest absolute Gasteiger partial charge is 0.508 e. The molecule has 1 aromatic rings. The van der Waals surface area contributed by atoms with Gasteiger partial charge in [-0.25, -0.2) is 0 Å². The van der Waals surface area contributed by atoms with Crippen LogP contribution in [0.3, 0.4) is 0 Å². The third-order valence-electron chi connectivity index (χ3n) is 2.56. The highest BCUT2D eigenvalue weighted by molar-refractivity contribution is 7.99. The Kier molecular flexibility index (Phi) is 3.83. The van der Waals surface area contributed by atoms with Crippen molar-refractivity contribution in [2.24, 2.45) is 0 Å². The molecule has 0 bridgehead atoms. The summed E-state index contributed by atoms with van der Waals surface area (Å²) in [4.78, 5) is 0. The maximum absolute atomic E-state index is 9.33. The highest BCUT2D eigenvalue weighted by atomic mass is 32.2. The minimum absolute atomic E-state index is 0.196. The number of methoxy groups -OCH3 is 1. The van der Waals surface area contributed by atoms with Crippen molar-refractivity contribution >= 4 is 11.8 Å². The van der Waals surface area contributed by atoms with Crippen molar-refractivity contribution in [2.75, 3.05) is 18.6 Å². The van der Waals surface area contributed by atoms with Gasteiger partial charge < -0.3 is 14.6 Å². The molecule has 0 amide bonds. The Morgan fingerprint density at radius 2 is 2.25 bits per heavy atom. The van der Waals surface area contributed by atoms with E-state index in [0.717, 1.165) is 12.2 Å². The first-order chi connectivity index (χ1) is 7.79. The van der Waals surface area contributed by atoms with Crippen LogP contribution in [0.5, 0.6) is 17.2 Å². The number of hydrogen-bond donors (Lipinski definition) is 1. The number of benzene rings is 1. The lowest BCUT2D eigenvalue weighted by molar-refractivity contribution is 0.202. The molecule has 3 nitrogen and oxygen atoms in total. The van der Waals surface area contributed by atoms with Crippen molar-refractivity contribution in [3.8, 4) is 17.2 Å². The molecule has 1 saturated heterocycles. The molecule has 1 aliphatic heterocycles. The number of hydrogen-bond acceptors (Lipinski definition) is 4. The van der Waals surface area contributed by atoms with Gasteiger partial charge in [0.25, 0.3) is 0 Å². The standard InChI is InChI=1S/C12H16O3S/c1-14-12-7-9(13)4-5-11(12)15-10-3-2-6-16-8-10/h4-5,7,10,13H,2-3,6,8H2,1H3. The second kappa shape index (κ2) is 5.34. The number of aromatic hydroxyl groups is 1. The quantitative estimate of drug-likeness (QED) is 0.881. The molecule has 16 heavy (non-hydrogen) atoms. The number of phenolic OH excluding ortho intramolecular Hbond substituents is 1. The van der Waals surface area contributed by atoms with Gasteiger partial charge >= 0.3 is 0 Å². The second-order valence-corrected chi connectivity index (χ2v) is 4.94. The van der Waals surface area contributed by atoms with Gasteiger partial charge in [-0.2, -0.15) is 11.8 Å². The normalized spacial score (nSPS) is 20.4. The molecular formula is C12H16O3S. The van der Waals surface area contributed by atoms with Crippen molar-refractivity contribution in [1.82, 2.24) is 0 Å². The lowest BCUT2D eigenvalue weighted by atomic mass is 10.2. The fourth-order valence-corrected chi connectivity index (χ4v) is 2.77. The minimum Gasteiger partial charge on any atom is -0.508 e. The second-order valence-electron chi connectivity index (χ2n) is 3.79. The number of thioether (sulfide) groups is 1. The maximum atomic E-state index is 9.33. The van der Waals surface area contributed by atoms with E-state index in [1.165, 1.54) is 12.2 Å². The summed E-state index contributed by atoms with van der Waals surface area (Å²) in [6, 6.07) is 4.95. The lowest BCUT2D eigenvalue weighted by Crippen LogP contribution is -2.23. The molecule has 88 valence electrons. The molecule has 1 N–H and O–H groups in total. The Bertz CT molecular complexity index is 348. The van der Waals surface area contributed by atoms with Gasteiger partial charge in [0, 0.05) is 11.8 Å². The molecule has 1 aromatic carbocycles. The molecule has 0 radical (unpaired) electrons. The maximum Gasteiger partial charge on any atom is 0.164 e. The molecule has 0 saturated carbocycles. The summed E-state index contributed by atoms with van der Waals surface area (Å²) in [6.07, 6.45) is 2.56. The van der Waals surface area contributed by atoms with E-state index in [9.17, 15) is 5.11 Å². The van der Waals surface area contributed by atoms with E-state index in [-0.39, 0.29) is 11.9 Å². The molecular weight excluding hydrogens is 224 g/mol. The summed E-state index contributed by atoms with van der Waals surface area (Å²) in [6.45, 7) is 0. The first-order valence-corrected chi connectivity index (χ1v) is 6.56. The molecule has 2 rings (SSSR count).